The summed E-state index contributed by atoms with van der Waals surface area (Å²) in [7, 11) is 4.28. The Balaban J connectivity index is 2.13. The second kappa shape index (κ2) is 7.15. The van der Waals surface area contributed by atoms with Gasteiger partial charge in [-0.05, 0) is 40.0 Å². The van der Waals surface area contributed by atoms with Gasteiger partial charge in [0.05, 0.1) is 12.0 Å². The van der Waals surface area contributed by atoms with E-state index >= 15 is 0 Å². The van der Waals surface area contributed by atoms with Crippen LogP contribution in [-0.4, -0.2) is 60.2 Å². The van der Waals surface area contributed by atoms with Crippen LogP contribution in [0.1, 0.15) is 49.9 Å². The van der Waals surface area contributed by atoms with Crippen LogP contribution >= 0.6 is 0 Å². The summed E-state index contributed by atoms with van der Waals surface area (Å²) >= 11 is 0. The standard InChI is InChI=1S/C14H27N5O/c1-4-6-11(9-15)14-16-13(17-20-14)12-10-18(2)7-5-8-19(12)3/h11-12H,4-10,15H2,1-3H3. The van der Waals surface area contributed by atoms with Crippen LogP contribution < -0.4 is 5.73 Å². The highest BCUT2D eigenvalue weighted by Crippen LogP contribution is 2.24. The van der Waals surface area contributed by atoms with Crippen molar-refractivity contribution in [3.05, 3.63) is 11.7 Å². The third-order valence-electron chi connectivity index (χ3n) is 4.09. The molecule has 0 aliphatic carbocycles. The summed E-state index contributed by atoms with van der Waals surface area (Å²) in [6.07, 6.45) is 3.25. The highest BCUT2D eigenvalue weighted by atomic mass is 16.5. The first-order valence-corrected chi connectivity index (χ1v) is 7.58. The van der Waals surface area contributed by atoms with E-state index in [1.54, 1.807) is 0 Å². The lowest BCUT2D eigenvalue weighted by molar-refractivity contribution is 0.214. The van der Waals surface area contributed by atoms with Gasteiger partial charge in [-0.3, -0.25) is 4.90 Å². The maximum absolute atomic E-state index is 5.81. The van der Waals surface area contributed by atoms with Crippen LogP contribution in [0, 0.1) is 0 Å². The molecule has 2 heterocycles. The van der Waals surface area contributed by atoms with Crippen LogP contribution in [0.25, 0.3) is 0 Å². The summed E-state index contributed by atoms with van der Waals surface area (Å²) in [6.45, 7) is 5.83. The van der Waals surface area contributed by atoms with E-state index < -0.39 is 0 Å². The molecule has 0 radical (unpaired) electrons. The zero-order chi connectivity index (χ0) is 14.5. The van der Waals surface area contributed by atoms with E-state index in [1.807, 2.05) is 0 Å². The molecule has 0 amide bonds. The molecule has 1 fully saturated rings. The van der Waals surface area contributed by atoms with Crippen LogP contribution in [0.3, 0.4) is 0 Å². The van der Waals surface area contributed by atoms with E-state index in [0.29, 0.717) is 12.4 Å². The molecule has 6 nitrogen and oxygen atoms in total. The minimum atomic E-state index is 0.190. The molecule has 0 aromatic carbocycles. The van der Waals surface area contributed by atoms with Gasteiger partial charge in [0.1, 0.15) is 0 Å². The number of likely N-dealkylation sites (N-methyl/N-ethyl adjacent to an activating group) is 2. The van der Waals surface area contributed by atoms with Gasteiger partial charge in [-0.15, -0.1) is 0 Å². The molecule has 0 bridgehead atoms. The Morgan fingerprint density at radius 1 is 1.40 bits per heavy atom. The normalized spacial score (nSPS) is 23.7. The van der Waals surface area contributed by atoms with Gasteiger partial charge in [0.15, 0.2) is 5.82 Å². The Kier molecular flexibility index (Phi) is 5.51. The summed E-state index contributed by atoms with van der Waals surface area (Å²) in [4.78, 5) is 9.27. The minimum Gasteiger partial charge on any atom is -0.339 e. The number of hydrogen-bond acceptors (Lipinski definition) is 6. The van der Waals surface area contributed by atoms with Crippen LogP contribution in [0.4, 0.5) is 0 Å². The second-order valence-electron chi connectivity index (χ2n) is 5.82. The molecular weight excluding hydrogens is 254 g/mol. The van der Waals surface area contributed by atoms with Gasteiger partial charge in [-0.25, -0.2) is 0 Å². The van der Waals surface area contributed by atoms with Crippen molar-refractivity contribution in [2.75, 3.05) is 40.3 Å². The molecule has 1 saturated heterocycles. The van der Waals surface area contributed by atoms with E-state index in [-0.39, 0.29) is 12.0 Å². The summed E-state index contributed by atoms with van der Waals surface area (Å²) in [5.41, 5.74) is 5.81. The molecule has 1 aromatic rings. The van der Waals surface area contributed by atoms with Crippen molar-refractivity contribution in [2.24, 2.45) is 5.73 Å². The average Bonchev–Trinajstić information content (AvgIpc) is 2.84. The van der Waals surface area contributed by atoms with Crippen LogP contribution in [0.2, 0.25) is 0 Å². The number of nitrogens with zero attached hydrogens (tertiary/aromatic N) is 4. The van der Waals surface area contributed by atoms with Crippen molar-refractivity contribution >= 4 is 0 Å². The first kappa shape index (κ1) is 15.4. The zero-order valence-electron chi connectivity index (χ0n) is 12.9. The molecule has 1 aromatic heterocycles. The van der Waals surface area contributed by atoms with Crippen LogP contribution in [0.5, 0.6) is 0 Å². The second-order valence-corrected chi connectivity index (χ2v) is 5.82. The lowest BCUT2D eigenvalue weighted by Gasteiger charge is -2.24. The monoisotopic (exact) mass is 281 g/mol. The predicted molar refractivity (Wildman–Crippen MR) is 78.5 cm³/mol. The van der Waals surface area contributed by atoms with Crippen LogP contribution in [-0.2, 0) is 0 Å². The predicted octanol–water partition coefficient (Wildman–Crippen LogP) is 1.22. The molecule has 2 N–H and O–H groups in total. The molecule has 1 aliphatic heterocycles. The SMILES string of the molecule is CCCC(CN)c1nc(C2CN(C)CCCN2C)no1. The van der Waals surface area contributed by atoms with Crippen molar-refractivity contribution in [3.63, 3.8) is 0 Å². The van der Waals surface area contributed by atoms with Crippen molar-refractivity contribution < 1.29 is 4.52 Å². The smallest absolute Gasteiger partial charge is 0.231 e. The van der Waals surface area contributed by atoms with Crippen molar-refractivity contribution in [2.45, 2.75) is 38.1 Å². The maximum atomic E-state index is 5.81. The molecule has 2 unspecified atom stereocenters. The summed E-state index contributed by atoms with van der Waals surface area (Å²) in [5.74, 6) is 1.69. The Morgan fingerprint density at radius 3 is 2.90 bits per heavy atom. The number of rotatable bonds is 5. The van der Waals surface area contributed by atoms with Gasteiger partial charge in [-0.2, -0.15) is 4.98 Å². The van der Waals surface area contributed by atoms with Crippen molar-refractivity contribution in [1.29, 1.82) is 0 Å². The third-order valence-corrected chi connectivity index (χ3v) is 4.09. The molecule has 20 heavy (non-hydrogen) atoms. The lowest BCUT2D eigenvalue weighted by Crippen LogP contribution is -2.31. The lowest BCUT2D eigenvalue weighted by atomic mass is 10.0. The van der Waals surface area contributed by atoms with Gasteiger partial charge in [-0.1, -0.05) is 18.5 Å². The number of hydrogen-bond donors (Lipinski definition) is 1. The summed E-state index contributed by atoms with van der Waals surface area (Å²) in [5, 5.41) is 4.21. The summed E-state index contributed by atoms with van der Waals surface area (Å²) < 4.78 is 5.46. The van der Waals surface area contributed by atoms with E-state index in [1.165, 1.54) is 6.42 Å². The molecule has 0 spiro atoms. The van der Waals surface area contributed by atoms with E-state index in [4.69, 9.17) is 10.3 Å². The van der Waals surface area contributed by atoms with Gasteiger partial charge < -0.3 is 15.2 Å². The largest absolute Gasteiger partial charge is 0.339 e. The third kappa shape index (κ3) is 3.56. The minimum absolute atomic E-state index is 0.190. The molecule has 2 atom stereocenters. The zero-order valence-corrected chi connectivity index (χ0v) is 12.9. The van der Waals surface area contributed by atoms with E-state index in [0.717, 1.165) is 38.3 Å². The molecule has 114 valence electrons. The molecule has 0 saturated carbocycles. The van der Waals surface area contributed by atoms with Gasteiger partial charge in [0.2, 0.25) is 5.89 Å². The maximum Gasteiger partial charge on any atom is 0.231 e. The Morgan fingerprint density at radius 2 is 2.20 bits per heavy atom. The molecule has 1 aliphatic rings. The molecule has 6 heteroatoms. The Labute approximate surface area is 121 Å². The topological polar surface area (TPSA) is 71.4 Å². The highest BCUT2D eigenvalue weighted by Gasteiger charge is 2.27. The van der Waals surface area contributed by atoms with Gasteiger partial charge in [0, 0.05) is 13.1 Å². The molecular formula is C14H27N5O. The fraction of sp³-hybridized carbons (Fsp3) is 0.857. The van der Waals surface area contributed by atoms with Gasteiger partial charge >= 0.3 is 0 Å². The van der Waals surface area contributed by atoms with Crippen LogP contribution in [0.15, 0.2) is 4.52 Å². The van der Waals surface area contributed by atoms with Gasteiger partial charge in [0.25, 0.3) is 0 Å². The fourth-order valence-electron chi connectivity index (χ4n) is 2.79. The summed E-state index contributed by atoms with van der Waals surface area (Å²) in [6, 6.07) is 0.208. The quantitative estimate of drug-likeness (QED) is 0.875. The van der Waals surface area contributed by atoms with E-state index in [2.05, 4.69) is 41.0 Å². The Bertz CT molecular complexity index is 408. The van der Waals surface area contributed by atoms with Crippen molar-refractivity contribution in [1.82, 2.24) is 19.9 Å². The van der Waals surface area contributed by atoms with Crippen molar-refractivity contribution in [3.8, 4) is 0 Å². The average molecular weight is 281 g/mol. The van der Waals surface area contributed by atoms with E-state index in [9.17, 15) is 0 Å². The highest BCUT2D eigenvalue weighted by molar-refractivity contribution is 5.00. The number of nitrogens with two attached hydrogens (primary N) is 1. The first-order valence-electron chi connectivity index (χ1n) is 7.58. The fourth-order valence-corrected chi connectivity index (χ4v) is 2.79. The number of aromatic nitrogens is 2. The molecule has 2 rings (SSSR count). The first-order chi connectivity index (χ1) is 9.65. The Hall–Kier alpha value is -0.980.